The molecule has 0 bridgehead atoms. The lowest BCUT2D eigenvalue weighted by Gasteiger charge is -2.27. The van der Waals surface area contributed by atoms with Crippen LogP contribution in [0, 0.1) is 13.8 Å². The summed E-state index contributed by atoms with van der Waals surface area (Å²) in [4.78, 5) is 89.7. The van der Waals surface area contributed by atoms with Gasteiger partial charge in [0.2, 0.25) is 17.7 Å². The van der Waals surface area contributed by atoms with Gasteiger partial charge in [-0.25, -0.2) is 4.98 Å². The Labute approximate surface area is 350 Å². The molecule has 14 nitrogen and oxygen atoms in total. The van der Waals surface area contributed by atoms with Crippen LogP contribution in [0.25, 0.3) is 11.3 Å². The second-order valence-electron chi connectivity index (χ2n) is 15.0. The molecule has 3 aromatic carbocycles. The molecule has 3 aliphatic rings. The summed E-state index contributed by atoms with van der Waals surface area (Å²) >= 11 is 1.42. The van der Waals surface area contributed by atoms with Crippen molar-refractivity contribution in [3.63, 3.8) is 0 Å². The Hall–Kier alpha value is -6.74. The van der Waals surface area contributed by atoms with Crippen molar-refractivity contribution in [3.8, 4) is 17.0 Å². The number of carbonyl (C=O) groups excluding carboxylic acids is 6. The third-order valence-corrected chi connectivity index (χ3v) is 11.8. The van der Waals surface area contributed by atoms with Crippen LogP contribution in [0.5, 0.6) is 5.75 Å². The Morgan fingerprint density at radius 3 is 2.62 bits per heavy atom. The molecule has 0 aliphatic carbocycles. The number of fused-ring (bicyclic) bond motifs is 2. The van der Waals surface area contributed by atoms with Gasteiger partial charge in [-0.05, 0) is 105 Å². The Kier molecular flexibility index (Phi) is 11.5. The van der Waals surface area contributed by atoms with E-state index in [1.165, 1.54) is 11.3 Å². The van der Waals surface area contributed by atoms with Crippen LogP contribution in [0.3, 0.4) is 0 Å². The number of piperidine rings is 1. The van der Waals surface area contributed by atoms with Gasteiger partial charge in [-0.1, -0.05) is 30.3 Å². The fourth-order valence-corrected chi connectivity index (χ4v) is 8.74. The number of nitrogens with zero attached hydrogens (tertiary/aromatic N) is 4. The van der Waals surface area contributed by atoms with Gasteiger partial charge in [0, 0.05) is 47.5 Å². The van der Waals surface area contributed by atoms with Crippen LogP contribution in [0.1, 0.15) is 84.9 Å². The van der Waals surface area contributed by atoms with Crippen LogP contribution in [0.4, 0.5) is 16.5 Å². The van der Waals surface area contributed by atoms with E-state index in [1.807, 2.05) is 62.4 Å². The number of thiazole rings is 1. The summed E-state index contributed by atoms with van der Waals surface area (Å²) in [5.41, 5.74) is 6.79. The molecule has 8 rings (SSSR count). The molecule has 5 aromatic rings. The fraction of sp³-hybridized carbons (Fsp3) is 0.289. The number of hydrogen-bond acceptors (Lipinski definition) is 11. The number of nitrogens with one attached hydrogen (secondary N) is 3. The quantitative estimate of drug-likeness (QED) is 0.0854. The average Bonchev–Trinajstić information content (AvgIpc) is 3.90. The number of unbranched alkanes of at least 4 members (excludes halogenated alkanes) is 2. The molecule has 60 heavy (non-hydrogen) atoms. The third kappa shape index (κ3) is 8.25. The highest BCUT2D eigenvalue weighted by Crippen LogP contribution is 2.37. The molecule has 1 atom stereocenters. The Morgan fingerprint density at radius 2 is 1.78 bits per heavy atom. The first-order valence-electron chi connectivity index (χ1n) is 20.0. The molecule has 1 fully saturated rings. The Morgan fingerprint density at radius 1 is 0.933 bits per heavy atom. The maximum absolute atomic E-state index is 13.3. The molecule has 0 spiro atoms. The first-order valence-corrected chi connectivity index (χ1v) is 20.8. The van der Waals surface area contributed by atoms with Crippen molar-refractivity contribution in [1.82, 2.24) is 20.2 Å². The molecule has 5 heterocycles. The maximum atomic E-state index is 13.3. The predicted molar refractivity (Wildman–Crippen MR) is 226 cm³/mol. The van der Waals surface area contributed by atoms with Gasteiger partial charge in [0.15, 0.2) is 5.13 Å². The number of amides is 6. The van der Waals surface area contributed by atoms with Crippen LogP contribution in [-0.2, 0) is 27.2 Å². The zero-order valence-corrected chi connectivity index (χ0v) is 34.0. The minimum absolute atomic E-state index is 0.0650. The molecular formula is C45H43N7O7S. The molecular weight excluding hydrogens is 783 g/mol. The van der Waals surface area contributed by atoms with E-state index in [0.717, 1.165) is 69.1 Å². The standard InChI is InChI=1S/C45H43N7O7S/c1-26-9-8-20-47-39(26)44(58)51-21-18-29-25-30(14-15-34(29)51)40-27(2)60-45(50-40)49-37(54)24-28-10-6-11-31(23-28)59-22-5-3-4-19-46-33-13-7-12-32-38(33)43(57)52(42(32)56)35-16-17-36(53)48-41(35)55/h6-15,20,23,25,35,46H,3-5,16-19,21-22,24H2,1-2H3,(H,48,53,55)(H,49,50,54). The largest absolute Gasteiger partial charge is 0.494 e. The predicted octanol–water partition coefficient (Wildman–Crippen LogP) is 6.27. The van der Waals surface area contributed by atoms with E-state index in [-0.39, 0.29) is 42.2 Å². The normalized spacial score (nSPS) is 15.8. The smallest absolute Gasteiger partial charge is 0.277 e. The fourth-order valence-electron chi connectivity index (χ4n) is 7.89. The number of aryl methyl sites for hydroxylation is 2. The maximum Gasteiger partial charge on any atom is 0.277 e. The number of anilines is 3. The van der Waals surface area contributed by atoms with Gasteiger partial charge in [-0.2, -0.15) is 0 Å². The third-order valence-electron chi connectivity index (χ3n) is 10.9. The van der Waals surface area contributed by atoms with E-state index in [0.29, 0.717) is 42.0 Å². The van der Waals surface area contributed by atoms with Crippen molar-refractivity contribution in [2.75, 3.05) is 35.2 Å². The molecule has 0 saturated carbocycles. The van der Waals surface area contributed by atoms with Crippen molar-refractivity contribution in [3.05, 3.63) is 117 Å². The number of imide groups is 2. The lowest BCUT2D eigenvalue weighted by Crippen LogP contribution is -2.54. The lowest BCUT2D eigenvalue weighted by molar-refractivity contribution is -0.136. The number of hydrogen-bond donors (Lipinski definition) is 3. The molecule has 1 saturated heterocycles. The minimum Gasteiger partial charge on any atom is -0.494 e. The van der Waals surface area contributed by atoms with Crippen molar-refractivity contribution in [1.29, 1.82) is 0 Å². The summed E-state index contributed by atoms with van der Waals surface area (Å²) < 4.78 is 6.00. The first kappa shape index (κ1) is 40.1. The minimum atomic E-state index is -1.01. The Bertz CT molecular complexity index is 2550. The molecule has 3 N–H and O–H groups in total. The molecule has 1 unspecified atom stereocenters. The van der Waals surface area contributed by atoms with Crippen LogP contribution in [0.15, 0.2) is 79.0 Å². The highest BCUT2D eigenvalue weighted by molar-refractivity contribution is 7.16. The van der Waals surface area contributed by atoms with Crippen LogP contribution >= 0.6 is 11.3 Å². The Balaban J connectivity index is 0.784. The van der Waals surface area contributed by atoms with Gasteiger partial charge in [-0.15, -0.1) is 11.3 Å². The second kappa shape index (κ2) is 17.2. The van der Waals surface area contributed by atoms with E-state index in [1.54, 1.807) is 29.3 Å². The summed E-state index contributed by atoms with van der Waals surface area (Å²) in [5, 5.41) is 8.96. The highest BCUT2D eigenvalue weighted by Gasteiger charge is 2.45. The lowest BCUT2D eigenvalue weighted by atomic mass is 10.0. The van der Waals surface area contributed by atoms with E-state index >= 15 is 0 Å². The number of pyridine rings is 1. The highest BCUT2D eigenvalue weighted by atomic mass is 32.1. The molecule has 2 aromatic heterocycles. The van der Waals surface area contributed by atoms with Crippen molar-refractivity contribution >= 4 is 63.3 Å². The number of ether oxygens (including phenoxy) is 1. The number of rotatable bonds is 14. The van der Waals surface area contributed by atoms with E-state index in [9.17, 15) is 28.8 Å². The van der Waals surface area contributed by atoms with Crippen LogP contribution < -0.4 is 25.6 Å². The van der Waals surface area contributed by atoms with E-state index in [4.69, 9.17) is 9.72 Å². The van der Waals surface area contributed by atoms with Crippen LogP contribution in [-0.4, -0.2) is 76.0 Å². The zero-order valence-electron chi connectivity index (χ0n) is 33.2. The summed E-state index contributed by atoms with van der Waals surface area (Å²) in [5.74, 6) is -1.76. The van der Waals surface area contributed by atoms with Gasteiger partial charge in [0.05, 0.1) is 29.8 Å². The second-order valence-corrected chi connectivity index (χ2v) is 16.2. The monoisotopic (exact) mass is 825 g/mol. The average molecular weight is 826 g/mol. The zero-order chi connectivity index (χ0) is 41.9. The van der Waals surface area contributed by atoms with Crippen molar-refractivity contribution in [2.45, 2.75) is 64.8 Å². The van der Waals surface area contributed by atoms with Gasteiger partial charge >= 0.3 is 0 Å². The summed E-state index contributed by atoms with van der Waals surface area (Å²) in [6, 6.07) is 21.2. The number of carbonyl (C=O) groups is 6. The molecule has 3 aliphatic heterocycles. The number of aromatic nitrogens is 2. The molecule has 0 radical (unpaired) electrons. The summed E-state index contributed by atoms with van der Waals surface area (Å²) in [6.07, 6.45) is 5.08. The van der Waals surface area contributed by atoms with Gasteiger partial charge in [-0.3, -0.25) is 44.0 Å². The van der Waals surface area contributed by atoms with Crippen LogP contribution in [0.2, 0.25) is 0 Å². The number of benzene rings is 3. The SMILES string of the molecule is Cc1cccnc1C(=O)N1CCc2cc(-c3nc(NC(=O)Cc4cccc(OCCCCCNc5cccc6c5C(=O)N(C5CCC(=O)NC5=O)C6=O)c4)sc3C)ccc21. The van der Waals surface area contributed by atoms with E-state index < -0.39 is 29.7 Å². The van der Waals surface area contributed by atoms with Crippen molar-refractivity contribution in [2.24, 2.45) is 0 Å². The van der Waals surface area contributed by atoms with Gasteiger partial charge in [0.25, 0.3) is 17.7 Å². The molecule has 306 valence electrons. The van der Waals surface area contributed by atoms with E-state index in [2.05, 4.69) is 27.0 Å². The van der Waals surface area contributed by atoms with Gasteiger partial charge < -0.3 is 20.3 Å². The molecule has 15 heteroatoms. The topological polar surface area (TPSA) is 180 Å². The first-order chi connectivity index (χ1) is 29.0. The molecule has 6 amide bonds. The summed E-state index contributed by atoms with van der Waals surface area (Å²) in [6.45, 7) is 5.49. The van der Waals surface area contributed by atoms with Crippen molar-refractivity contribution < 1.29 is 33.5 Å². The summed E-state index contributed by atoms with van der Waals surface area (Å²) in [7, 11) is 0. The van der Waals surface area contributed by atoms with Gasteiger partial charge in [0.1, 0.15) is 17.5 Å².